The Kier molecular flexibility index (Phi) is 12.1. The molecule has 1 aliphatic heterocycles. The van der Waals surface area contributed by atoms with Crippen LogP contribution >= 0.6 is 23.2 Å². The molecular weight excluding hydrogens is 585 g/mol. The fourth-order valence-electron chi connectivity index (χ4n) is 6.48. The molecule has 2 atom stereocenters. The largest absolute Gasteiger partial charge is 0.398 e. The lowest BCUT2D eigenvalue weighted by molar-refractivity contribution is -0.127. The third-order valence-electron chi connectivity index (χ3n) is 9.74. The van der Waals surface area contributed by atoms with Gasteiger partial charge in [-0.3, -0.25) is 4.79 Å². The molecule has 1 fully saturated rings. The molecule has 4 rings (SSSR count). The number of halogens is 2. The number of carbonyl (C=O) groups excluding carboxylic acids is 1. The van der Waals surface area contributed by atoms with Crippen LogP contribution in [0.2, 0.25) is 10.0 Å². The summed E-state index contributed by atoms with van der Waals surface area (Å²) >= 11 is 13.4. The molecule has 238 valence electrons. The average molecular weight is 637 g/mol. The zero-order valence-corrected chi connectivity index (χ0v) is 29.1. The van der Waals surface area contributed by atoms with Crippen molar-refractivity contribution >= 4 is 34.8 Å². The van der Waals surface area contributed by atoms with Gasteiger partial charge in [0.1, 0.15) is 0 Å². The predicted molar refractivity (Wildman–Crippen MR) is 189 cm³/mol. The van der Waals surface area contributed by atoms with E-state index in [0.717, 1.165) is 90.5 Å². The van der Waals surface area contributed by atoms with Crippen molar-refractivity contribution in [3.05, 3.63) is 86.7 Å². The Morgan fingerprint density at radius 2 is 1.75 bits per heavy atom. The van der Waals surface area contributed by atoms with Crippen molar-refractivity contribution < 1.29 is 4.79 Å². The van der Waals surface area contributed by atoms with Gasteiger partial charge in [-0.1, -0.05) is 69.5 Å². The molecule has 0 bridgehead atoms. The molecule has 4 nitrogen and oxygen atoms in total. The summed E-state index contributed by atoms with van der Waals surface area (Å²) < 4.78 is 2.41. The maximum atomic E-state index is 12.7. The van der Waals surface area contributed by atoms with Gasteiger partial charge < -0.3 is 15.2 Å². The molecule has 0 spiro atoms. The smallest absolute Gasteiger partial charge is 0.246 e. The normalized spacial score (nSPS) is 15.7. The van der Waals surface area contributed by atoms with Crippen LogP contribution in [-0.4, -0.2) is 28.5 Å². The molecular formula is C38H51Cl2N3O. The van der Waals surface area contributed by atoms with Gasteiger partial charge >= 0.3 is 0 Å². The molecule has 2 aromatic carbocycles. The van der Waals surface area contributed by atoms with Crippen molar-refractivity contribution in [1.29, 1.82) is 0 Å². The molecule has 1 aliphatic rings. The summed E-state index contributed by atoms with van der Waals surface area (Å²) in [6.07, 6.45) is 14.0. The number of allylic oxidation sites excluding steroid dienone is 1. The van der Waals surface area contributed by atoms with E-state index < -0.39 is 0 Å². The lowest BCUT2D eigenvalue weighted by atomic mass is 9.90. The van der Waals surface area contributed by atoms with Crippen LogP contribution in [-0.2, 0) is 17.6 Å². The Morgan fingerprint density at radius 1 is 1.02 bits per heavy atom. The summed E-state index contributed by atoms with van der Waals surface area (Å²) in [6.45, 7) is 14.7. The lowest BCUT2D eigenvalue weighted by Crippen LogP contribution is -2.38. The van der Waals surface area contributed by atoms with Crippen LogP contribution in [0, 0.1) is 19.8 Å². The Labute approximate surface area is 275 Å². The molecule has 2 N–H and O–H groups in total. The van der Waals surface area contributed by atoms with Gasteiger partial charge in [0.05, 0.1) is 0 Å². The number of hydrogen-bond acceptors (Lipinski definition) is 2. The van der Waals surface area contributed by atoms with Gasteiger partial charge in [-0.15, -0.1) is 0 Å². The highest BCUT2D eigenvalue weighted by molar-refractivity contribution is 6.36. The topological polar surface area (TPSA) is 51.3 Å². The summed E-state index contributed by atoms with van der Waals surface area (Å²) in [6, 6.07) is 11.1. The van der Waals surface area contributed by atoms with Gasteiger partial charge in [0.25, 0.3) is 0 Å². The van der Waals surface area contributed by atoms with Gasteiger partial charge in [-0.2, -0.15) is 0 Å². The van der Waals surface area contributed by atoms with Gasteiger partial charge in [0, 0.05) is 46.8 Å². The summed E-state index contributed by atoms with van der Waals surface area (Å²) in [7, 11) is 0. The van der Waals surface area contributed by atoms with E-state index >= 15 is 0 Å². The number of amides is 1. The number of aryl methyl sites for hydroxylation is 4. The summed E-state index contributed by atoms with van der Waals surface area (Å²) in [4.78, 5) is 14.8. The van der Waals surface area contributed by atoms with Crippen LogP contribution in [0.5, 0.6) is 0 Å². The maximum Gasteiger partial charge on any atom is 0.246 e. The van der Waals surface area contributed by atoms with E-state index in [0.29, 0.717) is 12.0 Å². The highest BCUT2D eigenvalue weighted by atomic mass is 35.5. The standard InChI is InChI=1S/C38H51Cl2N3O/c1-7-25(3)11-9-10-12-35(44)42-19-17-33(18-20-42)43-24-32(22-28(43)6)31-21-27(5)38(41)30(23-31)14-13-26(4)36-34(39)16-15-29(8-2)37(36)40/h10,12,15-16,21-26,33H,7-9,11,13-14,17-20,41H2,1-6H3. The number of benzene rings is 2. The zero-order chi connectivity index (χ0) is 32.0. The van der Waals surface area contributed by atoms with E-state index in [1.54, 1.807) is 6.08 Å². The van der Waals surface area contributed by atoms with Gasteiger partial charge in [-0.25, -0.2) is 0 Å². The quantitative estimate of drug-likeness (QED) is 0.159. The maximum absolute atomic E-state index is 12.7. The van der Waals surface area contributed by atoms with Crippen molar-refractivity contribution in [2.75, 3.05) is 18.8 Å². The highest BCUT2D eigenvalue weighted by Crippen LogP contribution is 2.38. The molecule has 44 heavy (non-hydrogen) atoms. The Hall–Kier alpha value is -2.69. The molecule has 1 amide bonds. The molecule has 3 aromatic rings. The van der Waals surface area contributed by atoms with Crippen LogP contribution in [0.3, 0.4) is 0 Å². The van der Waals surface area contributed by atoms with Gasteiger partial charge in [0.2, 0.25) is 5.91 Å². The highest BCUT2D eigenvalue weighted by Gasteiger charge is 2.24. The number of aromatic nitrogens is 1. The summed E-state index contributed by atoms with van der Waals surface area (Å²) in [5.74, 6) is 1.08. The van der Waals surface area contributed by atoms with Gasteiger partial charge in [0.15, 0.2) is 0 Å². The second-order valence-corrected chi connectivity index (χ2v) is 13.7. The number of anilines is 1. The average Bonchev–Trinajstić information content (AvgIpc) is 3.41. The van der Waals surface area contributed by atoms with Crippen LogP contribution in [0.25, 0.3) is 11.1 Å². The fraction of sp³-hybridized carbons (Fsp3) is 0.500. The Bertz CT molecular complexity index is 1470. The number of hydrogen-bond donors (Lipinski definition) is 1. The number of likely N-dealkylation sites (tertiary alicyclic amines) is 1. The number of nitrogens with two attached hydrogens (primary N) is 1. The molecule has 0 saturated carbocycles. The third-order valence-corrected chi connectivity index (χ3v) is 10.5. The minimum absolute atomic E-state index is 0.152. The number of piperidine rings is 1. The first-order chi connectivity index (χ1) is 21.0. The molecule has 1 aromatic heterocycles. The summed E-state index contributed by atoms with van der Waals surface area (Å²) in [5.41, 5.74) is 15.6. The lowest BCUT2D eigenvalue weighted by Gasteiger charge is -2.33. The minimum atomic E-state index is 0.152. The SMILES string of the molecule is CCc1ccc(Cl)c(C(C)CCc2cc(-c3cc(C)n(C4CCN(C(=O)C=CCCC(C)CC)CC4)c3)cc(C)c2N)c1Cl. The summed E-state index contributed by atoms with van der Waals surface area (Å²) in [5, 5.41) is 1.53. The van der Waals surface area contributed by atoms with Crippen LogP contribution in [0.1, 0.15) is 106 Å². The van der Waals surface area contributed by atoms with Crippen LogP contribution < -0.4 is 5.73 Å². The predicted octanol–water partition coefficient (Wildman–Crippen LogP) is 10.5. The molecule has 1 saturated heterocycles. The van der Waals surface area contributed by atoms with E-state index in [9.17, 15) is 4.79 Å². The first-order valence-electron chi connectivity index (χ1n) is 16.5. The second kappa shape index (κ2) is 15.5. The van der Waals surface area contributed by atoms with E-state index in [-0.39, 0.29) is 11.8 Å². The fourth-order valence-corrected chi connectivity index (χ4v) is 7.36. The minimum Gasteiger partial charge on any atom is -0.398 e. The van der Waals surface area contributed by atoms with Crippen molar-refractivity contribution in [3.63, 3.8) is 0 Å². The number of nitrogen functional groups attached to an aromatic ring is 1. The monoisotopic (exact) mass is 635 g/mol. The molecule has 0 radical (unpaired) electrons. The van der Waals surface area contributed by atoms with Crippen LogP contribution in [0.15, 0.2) is 48.7 Å². The molecule has 0 aliphatic carbocycles. The van der Waals surface area contributed by atoms with E-state index in [4.69, 9.17) is 28.9 Å². The van der Waals surface area contributed by atoms with Gasteiger partial charge in [-0.05, 0) is 134 Å². The second-order valence-electron chi connectivity index (χ2n) is 12.9. The van der Waals surface area contributed by atoms with Crippen LogP contribution in [0.4, 0.5) is 5.69 Å². The number of carbonyl (C=O) groups is 1. The third kappa shape index (κ3) is 8.12. The zero-order valence-electron chi connectivity index (χ0n) is 27.6. The first-order valence-corrected chi connectivity index (χ1v) is 17.3. The van der Waals surface area contributed by atoms with Crippen molar-refractivity contribution in [2.24, 2.45) is 5.92 Å². The van der Waals surface area contributed by atoms with E-state index in [1.807, 2.05) is 17.0 Å². The Balaban J connectivity index is 1.42. The molecule has 2 unspecified atom stereocenters. The van der Waals surface area contributed by atoms with Crippen molar-refractivity contribution in [1.82, 2.24) is 9.47 Å². The van der Waals surface area contributed by atoms with Crippen molar-refractivity contribution in [2.45, 2.75) is 105 Å². The number of nitrogens with zero attached hydrogens (tertiary/aromatic N) is 2. The number of rotatable bonds is 12. The van der Waals surface area contributed by atoms with E-state index in [2.05, 4.69) is 76.6 Å². The van der Waals surface area contributed by atoms with Crippen molar-refractivity contribution in [3.8, 4) is 11.1 Å². The van der Waals surface area contributed by atoms with E-state index in [1.165, 1.54) is 28.8 Å². The molecule has 6 heteroatoms. The Morgan fingerprint density at radius 3 is 2.43 bits per heavy atom. The first kappa shape index (κ1) is 34.2. The molecule has 2 heterocycles.